The summed E-state index contributed by atoms with van der Waals surface area (Å²) in [6, 6.07) is 9.88. The Bertz CT molecular complexity index is 1270. The molecule has 3 N–H and O–H groups in total. The first-order valence-electron chi connectivity index (χ1n) is 8.00. The number of nitrogens with one attached hydrogen (secondary N) is 1. The van der Waals surface area contributed by atoms with Crippen LogP contribution in [-0.4, -0.2) is 29.1 Å². The average molecular weight is 435 g/mol. The average Bonchev–Trinajstić information content (AvgIpc) is 2.62. The fourth-order valence-electron chi connectivity index (χ4n) is 2.68. The van der Waals surface area contributed by atoms with Gasteiger partial charge in [-0.15, -0.1) is 10.2 Å². The summed E-state index contributed by atoms with van der Waals surface area (Å²) >= 11 is 5.81. The zero-order chi connectivity index (χ0) is 21.3. The highest BCUT2D eigenvalue weighted by atomic mass is 35.5. The van der Waals surface area contributed by atoms with Gasteiger partial charge >= 0.3 is 0 Å². The summed E-state index contributed by atoms with van der Waals surface area (Å²) in [6.07, 6.45) is 0. The first-order chi connectivity index (χ1) is 13.6. The quantitative estimate of drug-likeness (QED) is 0.413. The largest absolute Gasteiger partial charge is 0.744 e. The zero-order valence-electron chi connectivity index (χ0n) is 14.7. The maximum absolute atomic E-state index is 11.5. The van der Waals surface area contributed by atoms with E-state index in [0.29, 0.717) is 16.5 Å². The molecule has 11 heteroatoms. The molecule has 29 heavy (non-hydrogen) atoms. The van der Waals surface area contributed by atoms with Crippen molar-refractivity contribution in [3.63, 3.8) is 0 Å². The molecular weight excluding hydrogens is 422 g/mol. The highest BCUT2D eigenvalue weighted by Gasteiger charge is 2.16. The third-order valence-corrected chi connectivity index (χ3v) is 4.92. The van der Waals surface area contributed by atoms with Gasteiger partial charge in [-0.3, -0.25) is 4.79 Å². The van der Waals surface area contributed by atoms with Crippen molar-refractivity contribution in [1.82, 2.24) is 0 Å². The molecule has 9 nitrogen and oxygen atoms in total. The topological polar surface area (TPSA) is 151 Å². The molecule has 3 aromatic rings. The van der Waals surface area contributed by atoms with Gasteiger partial charge in [-0.05, 0) is 29.7 Å². The van der Waals surface area contributed by atoms with Crippen molar-refractivity contribution in [2.24, 2.45) is 10.2 Å². The number of hydrogen-bond acceptors (Lipinski definition) is 8. The van der Waals surface area contributed by atoms with Crippen molar-refractivity contribution < 1.29 is 28.0 Å². The minimum absolute atomic E-state index is 0.0437. The van der Waals surface area contributed by atoms with Crippen LogP contribution in [0.4, 0.5) is 17.1 Å². The van der Waals surface area contributed by atoms with E-state index in [-0.39, 0.29) is 28.1 Å². The molecule has 0 aliphatic carbocycles. The number of hydrogen-bond donors (Lipinski definition) is 3. The smallest absolute Gasteiger partial charge is 0.221 e. The summed E-state index contributed by atoms with van der Waals surface area (Å²) in [5.41, 5.74) is -0.0731. The molecule has 0 fully saturated rings. The fraction of sp³-hybridized carbons (Fsp3) is 0.0556. The first kappa shape index (κ1) is 20.5. The van der Waals surface area contributed by atoms with Gasteiger partial charge in [-0.1, -0.05) is 29.8 Å². The number of rotatable bonds is 4. The summed E-state index contributed by atoms with van der Waals surface area (Å²) in [4.78, 5) is 10.5. The Morgan fingerprint density at radius 1 is 1.14 bits per heavy atom. The van der Waals surface area contributed by atoms with Crippen molar-refractivity contribution in [1.29, 1.82) is 0 Å². The van der Waals surface area contributed by atoms with Crippen molar-refractivity contribution in [2.75, 3.05) is 5.32 Å². The van der Waals surface area contributed by atoms with Crippen LogP contribution in [0.2, 0.25) is 5.02 Å². The Hall–Kier alpha value is -3.21. The second kappa shape index (κ2) is 7.66. The number of aromatic hydroxyl groups is 2. The highest BCUT2D eigenvalue weighted by molar-refractivity contribution is 7.85. The van der Waals surface area contributed by atoms with Gasteiger partial charge in [-0.2, -0.15) is 0 Å². The second-order valence-electron chi connectivity index (χ2n) is 5.94. The molecular formula is C18H13ClN3O6S-. The van der Waals surface area contributed by atoms with Gasteiger partial charge < -0.3 is 20.1 Å². The zero-order valence-corrected chi connectivity index (χ0v) is 16.3. The minimum Gasteiger partial charge on any atom is -0.744 e. The molecule has 3 aromatic carbocycles. The fourth-order valence-corrected chi connectivity index (χ4v) is 3.57. The van der Waals surface area contributed by atoms with Crippen LogP contribution in [-0.2, 0) is 14.9 Å². The molecule has 3 rings (SSSR count). The molecule has 0 bridgehead atoms. The van der Waals surface area contributed by atoms with Crippen LogP contribution < -0.4 is 5.32 Å². The van der Waals surface area contributed by atoms with Crippen LogP contribution >= 0.6 is 11.6 Å². The third-order valence-electron chi connectivity index (χ3n) is 3.85. The SMILES string of the molecule is CC(=O)Nc1cccc2ccc(O)c(N=Nc3cc(Cl)cc(S(=O)(=O)[O-])c3O)c12. The Kier molecular flexibility index (Phi) is 5.42. The number of halogens is 1. The third kappa shape index (κ3) is 4.29. The van der Waals surface area contributed by atoms with E-state index in [4.69, 9.17) is 11.6 Å². The number of amides is 1. The summed E-state index contributed by atoms with van der Waals surface area (Å²) in [7, 11) is -5.01. The minimum atomic E-state index is -5.01. The predicted octanol–water partition coefficient (Wildman–Crippen LogP) is 4.18. The second-order valence-corrected chi connectivity index (χ2v) is 7.73. The number of carbonyl (C=O) groups is 1. The van der Waals surface area contributed by atoms with E-state index in [1.54, 1.807) is 24.3 Å². The van der Waals surface area contributed by atoms with E-state index in [1.165, 1.54) is 13.0 Å². The lowest BCUT2D eigenvalue weighted by Gasteiger charge is -2.12. The van der Waals surface area contributed by atoms with E-state index in [0.717, 1.165) is 12.1 Å². The van der Waals surface area contributed by atoms with Gasteiger partial charge in [0.25, 0.3) is 0 Å². The summed E-state index contributed by atoms with van der Waals surface area (Å²) < 4.78 is 33.8. The lowest BCUT2D eigenvalue weighted by atomic mass is 10.1. The van der Waals surface area contributed by atoms with Gasteiger partial charge in [0.05, 0.1) is 10.6 Å². The molecule has 0 saturated heterocycles. The standard InChI is InChI=1S/C18H14ClN3O6S/c1-9(23)20-12-4-2-3-10-5-6-14(24)17(16(10)12)22-21-13-7-11(19)8-15(18(13)25)29(26,27)28/h2-8,24-25H,1H3,(H,20,23)(H,26,27,28)/p-1. The van der Waals surface area contributed by atoms with Crippen molar-refractivity contribution in [3.05, 3.63) is 47.5 Å². The molecule has 0 spiro atoms. The lowest BCUT2D eigenvalue weighted by molar-refractivity contribution is -0.114. The van der Waals surface area contributed by atoms with Crippen molar-refractivity contribution >= 4 is 55.5 Å². The number of phenols is 2. The number of phenolic OH excluding ortho intramolecular Hbond substituents is 2. The van der Waals surface area contributed by atoms with Crippen molar-refractivity contribution in [3.8, 4) is 11.5 Å². The number of benzene rings is 3. The lowest BCUT2D eigenvalue weighted by Crippen LogP contribution is -2.06. The Labute approximate surface area is 170 Å². The van der Waals surface area contributed by atoms with Crippen LogP contribution in [0.15, 0.2) is 57.6 Å². The highest BCUT2D eigenvalue weighted by Crippen LogP contribution is 2.42. The van der Waals surface area contributed by atoms with E-state index in [9.17, 15) is 28.0 Å². The number of fused-ring (bicyclic) bond motifs is 1. The molecule has 0 atom stereocenters. The van der Waals surface area contributed by atoms with E-state index in [1.807, 2.05) is 0 Å². The summed E-state index contributed by atoms with van der Waals surface area (Å²) in [6.45, 7) is 1.32. The molecule has 0 aliphatic rings. The van der Waals surface area contributed by atoms with E-state index < -0.39 is 20.8 Å². The predicted molar refractivity (Wildman–Crippen MR) is 105 cm³/mol. The normalized spacial score (nSPS) is 11.8. The Morgan fingerprint density at radius 2 is 1.86 bits per heavy atom. The summed E-state index contributed by atoms with van der Waals surface area (Å²) in [5, 5.41) is 31.4. The molecule has 0 aliphatic heterocycles. The monoisotopic (exact) mass is 434 g/mol. The Morgan fingerprint density at radius 3 is 2.52 bits per heavy atom. The molecule has 1 amide bonds. The maximum atomic E-state index is 11.5. The van der Waals surface area contributed by atoms with Gasteiger partial charge in [0.15, 0.2) is 5.75 Å². The van der Waals surface area contributed by atoms with Crippen LogP contribution in [0.3, 0.4) is 0 Å². The molecule has 0 saturated carbocycles. The first-order valence-corrected chi connectivity index (χ1v) is 9.79. The van der Waals surface area contributed by atoms with Crippen LogP contribution in [0.5, 0.6) is 11.5 Å². The van der Waals surface area contributed by atoms with E-state index in [2.05, 4.69) is 15.5 Å². The van der Waals surface area contributed by atoms with Gasteiger partial charge in [-0.25, -0.2) is 8.42 Å². The van der Waals surface area contributed by atoms with Gasteiger partial charge in [0.2, 0.25) is 5.91 Å². The molecule has 0 heterocycles. The van der Waals surface area contributed by atoms with Gasteiger partial charge in [0.1, 0.15) is 27.2 Å². The molecule has 0 aromatic heterocycles. The Balaban J connectivity index is 2.21. The summed E-state index contributed by atoms with van der Waals surface area (Å²) in [5.74, 6) is -1.55. The van der Waals surface area contributed by atoms with Crippen LogP contribution in [0.1, 0.15) is 6.92 Å². The van der Waals surface area contributed by atoms with Crippen LogP contribution in [0.25, 0.3) is 10.8 Å². The molecule has 0 unspecified atom stereocenters. The van der Waals surface area contributed by atoms with Crippen molar-refractivity contribution in [2.45, 2.75) is 11.8 Å². The van der Waals surface area contributed by atoms with Gasteiger partial charge in [0, 0.05) is 17.3 Å². The number of nitrogens with zero attached hydrogens (tertiary/aromatic N) is 2. The number of anilines is 1. The maximum Gasteiger partial charge on any atom is 0.221 e. The molecule has 150 valence electrons. The number of azo groups is 1. The van der Waals surface area contributed by atoms with E-state index >= 15 is 0 Å². The van der Waals surface area contributed by atoms with Crippen LogP contribution in [0, 0.1) is 0 Å². The molecule has 0 radical (unpaired) electrons. The number of carbonyl (C=O) groups excluding carboxylic acids is 1.